The minimum Gasteiger partial charge on any atom is -0.311 e. The van der Waals surface area contributed by atoms with Crippen molar-refractivity contribution in [3.8, 4) is 44.5 Å². The van der Waals surface area contributed by atoms with Crippen LogP contribution < -0.4 is 9.80 Å². The predicted octanol–water partition coefficient (Wildman–Crippen LogP) is 26.8. The monoisotopic (exact) mass is 1220 g/mol. The van der Waals surface area contributed by atoms with Gasteiger partial charge >= 0.3 is 0 Å². The number of benzene rings is 19. The van der Waals surface area contributed by atoms with Gasteiger partial charge in [-0.15, -0.1) is 0 Å². The average Bonchev–Trinajstić information content (AvgIpc) is 0.735. The second-order valence-electron chi connectivity index (χ2n) is 25.4. The van der Waals surface area contributed by atoms with Crippen LogP contribution in [-0.4, -0.2) is 0 Å². The van der Waals surface area contributed by atoms with Crippen LogP contribution in [0, 0.1) is 0 Å². The van der Waals surface area contributed by atoms with Crippen molar-refractivity contribution >= 4 is 142 Å². The van der Waals surface area contributed by atoms with Crippen molar-refractivity contribution < 1.29 is 0 Å². The van der Waals surface area contributed by atoms with Crippen molar-refractivity contribution in [2.45, 2.75) is 0 Å². The highest BCUT2D eigenvalue weighted by atomic mass is 15.1. The summed E-state index contributed by atoms with van der Waals surface area (Å²) in [6.07, 6.45) is 0. The molecule has 0 atom stereocenters. The number of nitrogens with zero attached hydrogens (tertiary/aromatic N) is 2. The lowest BCUT2D eigenvalue weighted by Gasteiger charge is -2.30. The van der Waals surface area contributed by atoms with Gasteiger partial charge in [0.2, 0.25) is 0 Å². The molecule has 0 radical (unpaired) electrons. The Morgan fingerprint density at radius 1 is 0.146 bits per heavy atom. The Labute approximate surface area is 556 Å². The number of rotatable bonds is 10. The molecule has 19 aromatic rings. The first-order chi connectivity index (χ1) is 47.6. The minimum atomic E-state index is 1.09. The molecule has 0 amide bonds. The van der Waals surface area contributed by atoms with E-state index in [1.54, 1.807) is 0 Å². The molecular formula is C94H60N2. The highest BCUT2D eigenvalue weighted by Gasteiger charge is 2.24. The molecule has 0 saturated carbocycles. The topological polar surface area (TPSA) is 6.48 Å². The summed E-state index contributed by atoms with van der Waals surface area (Å²) in [5.41, 5.74) is 16.1. The molecule has 0 aliphatic rings. The highest BCUT2D eigenvalue weighted by molar-refractivity contribution is 6.27. The van der Waals surface area contributed by atoms with Crippen LogP contribution in [0.25, 0.3) is 152 Å². The third kappa shape index (κ3) is 9.10. The molecular weight excluding hydrogens is 1160 g/mol. The van der Waals surface area contributed by atoms with E-state index in [1.807, 2.05) is 0 Å². The summed E-state index contributed by atoms with van der Waals surface area (Å²) < 4.78 is 0. The van der Waals surface area contributed by atoms with Crippen molar-refractivity contribution in [1.29, 1.82) is 0 Å². The molecule has 0 bridgehead atoms. The Morgan fingerprint density at radius 2 is 0.583 bits per heavy atom. The molecule has 0 heterocycles. The molecule has 19 rings (SSSR count). The first kappa shape index (κ1) is 55.1. The quantitative estimate of drug-likeness (QED) is 0.126. The van der Waals surface area contributed by atoms with Gasteiger partial charge in [-0.05, 0) is 220 Å². The molecule has 0 spiro atoms. The SMILES string of the molecule is c1ccc(-c2cccc(N(c3cc4ccccc4c4c(-c5ccc6cc(-c7ccc(N(c8ccccc8)c8ccc(-c9cc%10ccccc%10c%10ccccc9%10)cc8)cc7)c7c8ccccc8ccc7c6c5)cccc34)c3cccc4ccc5c6ccccc6ccc5c34)c2)cc1. The fourth-order valence-electron chi connectivity index (χ4n) is 15.7. The molecule has 0 aromatic heterocycles. The maximum atomic E-state index is 2.54. The molecule has 96 heavy (non-hydrogen) atoms. The van der Waals surface area contributed by atoms with E-state index in [1.165, 1.54) is 141 Å². The highest BCUT2D eigenvalue weighted by Crippen LogP contribution is 2.50. The predicted molar refractivity (Wildman–Crippen MR) is 413 cm³/mol. The van der Waals surface area contributed by atoms with E-state index in [0.717, 1.165) is 45.3 Å². The largest absolute Gasteiger partial charge is 0.311 e. The summed E-state index contributed by atoms with van der Waals surface area (Å²) in [6.45, 7) is 0. The number of fused-ring (bicyclic) bond motifs is 16. The first-order valence-corrected chi connectivity index (χ1v) is 33.2. The summed E-state index contributed by atoms with van der Waals surface area (Å²) in [5.74, 6) is 0. The van der Waals surface area contributed by atoms with Crippen LogP contribution in [0.5, 0.6) is 0 Å². The molecule has 0 N–H and O–H groups in total. The van der Waals surface area contributed by atoms with Crippen LogP contribution in [0.15, 0.2) is 364 Å². The van der Waals surface area contributed by atoms with E-state index in [4.69, 9.17) is 0 Å². The molecule has 2 nitrogen and oxygen atoms in total. The molecule has 2 heteroatoms. The van der Waals surface area contributed by atoms with Crippen molar-refractivity contribution in [3.05, 3.63) is 364 Å². The summed E-state index contributed by atoms with van der Waals surface area (Å²) in [4.78, 5) is 4.91. The molecule has 0 fully saturated rings. The lowest BCUT2D eigenvalue weighted by molar-refractivity contribution is 1.28. The fourth-order valence-corrected chi connectivity index (χ4v) is 15.7. The first-order valence-electron chi connectivity index (χ1n) is 33.2. The summed E-state index contributed by atoms with van der Waals surface area (Å²) in [7, 11) is 0. The smallest absolute Gasteiger partial charge is 0.0546 e. The Bertz CT molecular complexity index is 6310. The van der Waals surface area contributed by atoms with Crippen LogP contribution in [0.2, 0.25) is 0 Å². The van der Waals surface area contributed by atoms with E-state index in [9.17, 15) is 0 Å². The van der Waals surface area contributed by atoms with Crippen LogP contribution in [0.1, 0.15) is 0 Å². The zero-order valence-electron chi connectivity index (χ0n) is 52.5. The zero-order chi connectivity index (χ0) is 63.2. The fraction of sp³-hybridized carbons (Fsp3) is 0. The van der Waals surface area contributed by atoms with E-state index >= 15 is 0 Å². The van der Waals surface area contributed by atoms with Gasteiger partial charge in [0.05, 0.1) is 11.4 Å². The molecule has 0 aliphatic carbocycles. The van der Waals surface area contributed by atoms with E-state index in [-0.39, 0.29) is 0 Å². The van der Waals surface area contributed by atoms with Crippen LogP contribution >= 0.6 is 0 Å². The molecule has 446 valence electrons. The second kappa shape index (κ2) is 22.6. The number of para-hydroxylation sites is 1. The van der Waals surface area contributed by atoms with Gasteiger partial charge in [0, 0.05) is 33.5 Å². The Morgan fingerprint density at radius 3 is 1.31 bits per heavy atom. The third-order valence-corrected chi connectivity index (χ3v) is 20.1. The summed E-state index contributed by atoms with van der Waals surface area (Å²) >= 11 is 0. The number of hydrogen-bond acceptors (Lipinski definition) is 2. The standard InChI is InChI=1S/C94H60N2/c1-3-20-61(21-4-1)67-27-17-30-75(56-67)96(90-39-18-26-66-48-53-83-76-31-11-7-22-62(76)46-54-84(83)92(66)90)91-60-69-25-10-14-34-79(69)93-80(37-19-38-86(91)93)70-40-41-71-59-89(94-78-33-13-8-23-63(78)47-55-85(94)88(71)58-70)65-44-51-74(52-45-65)95(72-28-5-2-6-29-72)73-49-42-64(43-50-73)87-57-68-24-9-12-32-77(68)81-35-15-16-36-82(81)87/h1-60H. The van der Waals surface area contributed by atoms with Gasteiger partial charge in [-0.25, -0.2) is 0 Å². The second-order valence-corrected chi connectivity index (χ2v) is 25.4. The molecule has 19 aromatic carbocycles. The Hall–Kier alpha value is -12.6. The number of anilines is 6. The van der Waals surface area contributed by atoms with Crippen LogP contribution in [-0.2, 0) is 0 Å². The van der Waals surface area contributed by atoms with E-state index in [2.05, 4.69) is 374 Å². The third-order valence-electron chi connectivity index (χ3n) is 20.1. The van der Waals surface area contributed by atoms with Gasteiger partial charge in [-0.2, -0.15) is 0 Å². The lowest BCUT2D eigenvalue weighted by Crippen LogP contribution is -2.11. The van der Waals surface area contributed by atoms with Crippen LogP contribution in [0.4, 0.5) is 34.1 Å². The number of hydrogen-bond donors (Lipinski definition) is 0. The minimum absolute atomic E-state index is 1.09. The van der Waals surface area contributed by atoms with Crippen LogP contribution in [0.3, 0.4) is 0 Å². The van der Waals surface area contributed by atoms with Gasteiger partial charge in [0.1, 0.15) is 0 Å². The zero-order valence-corrected chi connectivity index (χ0v) is 52.5. The lowest BCUT2D eigenvalue weighted by atomic mass is 9.87. The molecule has 0 saturated heterocycles. The summed E-state index contributed by atoms with van der Waals surface area (Å²) in [5, 5.41) is 24.5. The maximum Gasteiger partial charge on any atom is 0.0546 e. The molecule has 0 unspecified atom stereocenters. The van der Waals surface area contributed by atoms with Crippen molar-refractivity contribution in [3.63, 3.8) is 0 Å². The normalized spacial score (nSPS) is 11.8. The Kier molecular flexibility index (Phi) is 13.0. The van der Waals surface area contributed by atoms with Gasteiger partial charge < -0.3 is 9.80 Å². The van der Waals surface area contributed by atoms with Gasteiger partial charge in [0.25, 0.3) is 0 Å². The van der Waals surface area contributed by atoms with E-state index < -0.39 is 0 Å². The van der Waals surface area contributed by atoms with Gasteiger partial charge in [-0.3, -0.25) is 0 Å². The average molecular weight is 1220 g/mol. The van der Waals surface area contributed by atoms with Crippen molar-refractivity contribution in [1.82, 2.24) is 0 Å². The van der Waals surface area contributed by atoms with Crippen molar-refractivity contribution in [2.24, 2.45) is 0 Å². The van der Waals surface area contributed by atoms with Gasteiger partial charge in [0.15, 0.2) is 0 Å². The van der Waals surface area contributed by atoms with E-state index in [0.29, 0.717) is 0 Å². The Balaban J connectivity index is 0.762. The molecule has 0 aliphatic heterocycles. The van der Waals surface area contributed by atoms with Crippen molar-refractivity contribution in [2.75, 3.05) is 9.80 Å². The van der Waals surface area contributed by atoms with Gasteiger partial charge in [-0.1, -0.05) is 285 Å². The summed E-state index contributed by atoms with van der Waals surface area (Å²) in [6, 6.07) is 135. The maximum absolute atomic E-state index is 2.54.